The zero-order chi connectivity index (χ0) is 26.1. The Morgan fingerprint density at radius 2 is 1.33 bits per heavy atom. The summed E-state index contributed by atoms with van der Waals surface area (Å²) in [5, 5.41) is 0. The van der Waals surface area contributed by atoms with E-state index in [1.54, 1.807) is 34.1 Å². The molecule has 8 nitrogen and oxygen atoms in total. The van der Waals surface area contributed by atoms with E-state index in [9.17, 15) is 14.4 Å². The van der Waals surface area contributed by atoms with Gasteiger partial charge in [-0.15, -0.1) is 0 Å². The van der Waals surface area contributed by atoms with Gasteiger partial charge in [0, 0.05) is 57.9 Å². The van der Waals surface area contributed by atoms with Crippen LogP contribution in [0.15, 0.2) is 54.6 Å². The molecule has 1 unspecified atom stereocenters. The maximum absolute atomic E-state index is 13.4. The van der Waals surface area contributed by atoms with Crippen molar-refractivity contribution in [3.63, 3.8) is 0 Å². The number of benzene rings is 2. The van der Waals surface area contributed by atoms with Crippen LogP contribution >= 0.6 is 0 Å². The molecule has 1 aliphatic rings. The molecule has 3 rings (SSSR count). The SMILES string of the molecule is CCN(CC)C(=O)c1ccc(OC(=O)N2CCN(C(C(=O)N(CC)CC)c3ccccc3)CC2)cc1. The van der Waals surface area contributed by atoms with Crippen LogP contribution in [0.25, 0.3) is 0 Å². The van der Waals surface area contributed by atoms with Crippen molar-refractivity contribution in [2.45, 2.75) is 33.7 Å². The van der Waals surface area contributed by atoms with Gasteiger partial charge in [-0.3, -0.25) is 14.5 Å². The van der Waals surface area contributed by atoms with Crippen LogP contribution in [0.5, 0.6) is 5.75 Å². The largest absolute Gasteiger partial charge is 0.415 e. The summed E-state index contributed by atoms with van der Waals surface area (Å²) in [4.78, 5) is 46.1. The summed E-state index contributed by atoms with van der Waals surface area (Å²) in [6.45, 7) is 12.5. The predicted octanol–water partition coefficient (Wildman–Crippen LogP) is 3.89. The van der Waals surface area contributed by atoms with E-state index < -0.39 is 6.09 Å². The fourth-order valence-corrected chi connectivity index (χ4v) is 4.54. The lowest BCUT2D eigenvalue weighted by Crippen LogP contribution is -2.53. The van der Waals surface area contributed by atoms with E-state index in [-0.39, 0.29) is 17.9 Å². The number of carbonyl (C=O) groups excluding carboxylic acids is 3. The van der Waals surface area contributed by atoms with Gasteiger partial charge >= 0.3 is 6.09 Å². The first kappa shape index (κ1) is 27.2. The highest BCUT2D eigenvalue weighted by Crippen LogP contribution is 2.25. The first-order valence-electron chi connectivity index (χ1n) is 12.9. The van der Waals surface area contributed by atoms with Gasteiger partial charge in [-0.25, -0.2) is 4.79 Å². The third-order valence-corrected chi connectivity index (χ3v) is 6.72. The lowest BCUT2D eigenvalue weighted by molar-refractivity contribution is -0.137. The van der Waals surface area contributed by atoms with E-state index in [0.29, 0.717) is 63.7 Å². The number of likely N-dealkylation sites (N-methyl/N-ethyl adjacent to an activating group) is 1. The molecule has 2 aromatic carbocycles. The molecule has 36 heavy (non-hydrogen) atoms. The number of hydrogen-bond acceptors (Lipinski definition) is 5. The number of nitrogens with zero attached hydrogens (tertiary/aromatic N) is 4. The minimum absolute atomic E-state index is 0.0405. The van der Waals surface area contributed by atoms with E-state index >= 15 is 0 Å². The molecule has 1 heterocycles. The fraction of sp³-hybridized carbons (Fsp3) is 0.464. The zero-order valence-electron chi connectivity index (χ0n) is 21.9. The van der Waals surface area contributed by atoms with Crippen molar-refractivity contribution in [2.24, 2.45) is 0 Å². The van der Waals surface area contributed by atoms with Gasteiger partial charge in [-0.1, -0.05) is 30.3 Å². The van der Waals surface area contributed by atoms with Crippen LogP contribution in [0.1, 0.15) is 49.7 Å². The third-order valence-electron chi connectivity index (χ3n) is 6.72. The molecule has 0 bridgehead atoms. The van der Waals surface area contributed by atoms with Crippen LogP contribution in [0, 0.1) is 0 Å². The molecule has 3 amide bonds. The number of amides is 3. The zero-order valence-corrected chi connectivity index (χ0v) is 21.9. The number of ether oxygens (including phenoxy) is 1. The van der Waals surface area contributed by atoms with Crippen LogP contribution in [0.3, 0.4) is 0 Å². The van der Waals surface area contributed by atoms with Crippen molar-refractivity contribution in [1.29, 1.82) is 0 Å². The monoisotopic (exact) mass is 494 g/mol. The normalized spacial score (nSPS) is 14.7. The average Bonchev–Trinajstić information content (AvgIpc) is 2.91. The third kappa shape index (κ3) is 6.43. The van der Waals surface area contributed by atoms with Crippen molar-refractivity contribution in [3.8, 4) is 5.75 Å². The van der Waals surface area contributed by atoms with Crippen LogP contribution in [0.2, 0.25) is 0 Å². The standard InChI is InChI=1S/C28H38N4O4/c1-5-29(6-2)26(33)23-14-16-24(17-15-23)36-28(35)32-20-18-31(19-21-32)25(22-12-10-9-11-13-22)27(34)30(7-3)8-4/h9-17,25H,5-8,18-21H2,1-4H3. The molecule has 1 saturated heterocycles. The van der Waals surface area contributed by atoms with E-state index in [1.165, 1.54) is 0 Å². The highest BCUT2D eigenvalue weighted by molar-refractivity contribution is 5.94. The molecule has 8 heteroatoms. The predicted molar refractivity (Wildman–Crippen MR) is 140 cm³/mol. The molecular weight excluding hydrogens is 456 g/mol. The summed E-state index contributed by atoms with van der Waals surface area (Å²) in [6.07, 6.45) is -0.427. The molecule has 194 valence electrons. The van der Waals surface area contributed by atoms with Gasteiger partial charge in [-0.05, 0) is 57.5 Å². The molecule has 1 atom stereocenters. The first-order valence-corrected chi connectivity index (χ1v) is 12.9. The summed E-state index contributed by atoms with van der Waals surface area (Å²) in [5.41, 5.74) is 1.53. The van der Waals surface area contributed by atoms with Gasteiger partial charge in [0.2, 0.25) is 5.91 Å². The van der Waals surface area contributed by atoms with E-state index in [4.69, 9.17) is 4.74 Å². The van der Waals surface area contributed by atoms with Gasteiger partial charge in [0.15, 0.2) is 0 Å². The summed E-state index contributed by atoms with van der Waals surface area (Å²) < 4.78 is 5.57. The molecule has 1 aliphatic heterocycles. The highest BCUT2D eigenvalue weighted by atomic mass is 16.6. The van der Waals surface area contributed by atoms with Gasteiger partial charge in [0.1, 0.15) is 11.8 Å². The molecule has 0 saturated carbocycles. The maximum atomic E-state index is 13.4. The average molecular weight is 495 g/mol. The topological polar surface area (TPSA) is 73.4 Å². The van der Waals surface area contributed by atoms with Crippen molar-refractivity contribution >= 4 is 17.9 Å². The van der Waals surface area contributed by atoms with E-state index in [2.05, 4.69) is 4.90 Å². The molecule has 0 radical (unpaired) electrons. The Bertz CT molecular complexity index is 996. The van der Waals surface area contributed by atoms with Gasteiger partial charge in [0.25, 0.3) is 5.91 Å². The quantitative estimate of drug-likeness (QED) is 0.529. The van der Waals surface area contributed by atoms with Gasteiger partial charge < -0.3 is 19.4 Å². The molecule has 1 fully saturated rings. The smallest absolute Gasteiger partial charge is 0.410 e. The number of hydrogen-bond donors (Lipinski definition) is 0. The van der Waals surface area contributed by atoms with Crippen molar-refractivity contribution < 1.29 is 19.1 Å². The molecular formula is C28H38N4O4. The Kier molecular flexibility index (Phi) is 9.87. The summed E-state index contributed by atoms with van der Waals surface area (Å²) >= 11 is 0. The highest BCUT2D eigenvalue weighted by Gasteiger charge is 2.34. The molecule has 0 spiro atoms. The van der Waals surface area contributed by atoms with Crippen LogP contribution in [0.4, 0.5) is 4.79 Å². The number of piperazine rings is 1. The lowest BCUT2D eigenvalue weighted by atomic mass is 10.0. The second-order valence-electron chi connectivity index (χ2n) is 8.72. The maximum Gasteiger partial charge on any atom is 0.415 e. The van der Waals surface area contributed by atoms with Gasteiger partial charge in [0.05, 0.1) is 0 Å². The Morgan fingerprint density at radius 3 is 1.86 bits per heavy atom. The minimum atomic E-state index is -0.427. The van der Waals surface area contributed by atoms with E-state index in [0.717, 1.165) is 5.56 Å². The Labute approximate surface area is 214 Å². The minimum Gasteiger partial charge on any atom is -0.410 e. The first-order chi connectivity index (χ1) is 17.4. The Morgan fingerprint density at radius 1 is 0.778 bits per heavy atom. The Balaban J connectivity index is 1.62. The van der Waals surface area contributed by atoms with Crippen LogP contribution in [-0.2, 0) is 4.79 Å². The van der Waals surface area contributed by atoms with Crippen molar-refractivity contribution in [2.75, 3.05) is 52.4 Å². The van der Waals surface area contributed by atoms with E-state index in [1.807, 2.05) is 62.9 Å². The second kappa shape index (κ2) is 13.1. The summed E-state index contributed by atoms with van der Waals surface area (Å²) in [6, 6.07) is 16.1. The van der Waals surface area contributed by atoms with Gasteiger partial charge in [-0.2, -0.15) is 0 Å². The van der Waals surface area contributed by atoms with Crippen molar-refractivity contribution in [3.05, 3.63) is 65.7 Å². The Hall–Kier alpha value is -3.39. The number of carbonyl (C=O) groups is 3. The fourth-order valence-electron chi connectivity index (χ4n) is 4.54. The number of rotatable bonds is 9. The van der Waals surface area contributed by atoms with Crippen LogP contribution < -0.4 is 4.74 Å². The second-order valence-corrected chi connectivity index (χ2v) is 8.72. The summed E-state index contributed by atoms with van der Waals surface area (Å²) in [7, 11) is 0. The molecule has 2 aromatic rings. The lowest BCUT2D eigenvalue weighted by Gasteiger charge is -2.39. The molecule has 0 aliphatic carbocycles. The molecule has 0 aromatic heterocycles. The summed E-state index contributed by atoms with van der Waals surface area (Å²) in [5.74, 6) is 0.445. The van der Waals surface area contributed by atoms with Crippen LogP contribution in [-0.4, -0.2) is 89.9 Å². The van der Waals surface area contributed by atoms with Crippen molar-refractivity contribution in [1.82, 2.24) is 19.6 Å². The molecule has 0 N–H and O–H groups in total.